The molecule has 0 unspecified atom stereocenters. The highest BCUT2D eigenvalue weighted by molar-refractivity contribution is 5.50. The van der Waals surface area contributed by atoms with Crippen molar-refractivity contribution in [3.63, 3.8) is 0 Å². The SMILES string of the molecule is CCc1c(NCc2ccc(Oc3cnccn3)cc2)cnn1-c1ccccc1. The minimum Gasteiger partial charge on any atom is -0.438 e. The van der Waals surface area contributed by atoms with Crippen molar-refractivity contribution in [2.75, 3.05) is 5.32 Å². The number of rotatable bonds is 7. The number of hydrogen-bond acceptors (Lipinski definition) is 5. The summed E-state index contributed by atoms with van der Waals surface area (Å²) in [7, 11) is 0. The second-order valence-electron chi connectivity index (χ2n) is 6.25. The average molecular weight is 371 g/mol. The van der Waals surface area contributed by atoms with Gasteiger partial charge in [0, 0.05) is 18.9 Å². The number of para-hydroxylation sites is 1. The van der Waals surface area contributed by atoms with Gasteiger partial charge in [-0.3, -0.25) is 4.98 Å². The van der Waals surface area contributed by atoms with E-state index in [9.17, 15) is 0 Å². The summed E-state index contributed by atoms with van der Waals surface area (Å²) in [6.45, 7) is 2.85. The van der Waals surface area contributed by atoms with Crippen LogP contribution in [0.5, 0.6) is 11.6 Å². The number of ether oxygens (including phenoxy) is 1. The van der Waals surface area contributed by atoms with E-state index < -0.39 is 0 Å². The normalized spacial score (nSPS) is 10.6. The first-order chi connectivity index (χ1) is 13.8. The van der Waals surface area contributed by atoms with E-state index in [0.29, 0.717) is 12.4 Å². The molecule has 2 aromatic carbocycles. The molecule has 0 aliphatic heterocycles. The summed E-state index contributed by atoms with van der Waals surface area (Å²) in [5.41, 5.74) is 4.43. The molecule has 6 heteroatoms. The molecule has 140 valence electrons. The Bertz CT molecular complexity index is 1010. The van der Waals surface area contributed by atoms with Gasteiger partial charge < -0.3 is 10.1 Å². The van der Waals surface area contributed by atoms with Crippen molar-refractivity contribution in [2.45, 2.75) is 19.9 Å². The van der Waals surface area contributed by atoms with E-state index in [1.54, 1.807) is 18.6 Å². The van der Waals surface area contributed by atoms with Crippen molar-refractivity contribution in [1.29, 1.82) is 0 Å². The lowest BCUT2D eigenvalue weighted by molar-refractivity contribution is 0.460. The van der Waals surface area contributed by atoms with Crippen LogP contribution in [0.15, 0.2) is 79.4 Å². The summed E-state index contributed by atoms with van der Waals surface area (Å²) in [5.74, 6) is 1.21. The van der Waals surface area contributed by atoms with Crippen LogP contribution in [0.25, 0.3) is 5.69 Å². The Morgan fingerprint density at radius 1 is 0.964 bits per heavy atom. The molecule has 0 fully saturated rings. The molecular weight excluding hydrogens is 350 g/mol. The number of hydrogen-bond donors (Lipinski definition) is 1. The van der Waals surface area contributed by atoms with Gasteiger partial charge in [0.25, 0.3) is 0 Å². The Kier molecular flexibility index (Phi) is 5.29. The molecule has 0 spiro atoms. The Morgan fingerprint density at radius 3 is 2.50 bits per heavy atom. The predicted octanol–water partition coefficient (Wildman–Crippen LogP) is 4.63. The molecule has 0 amide bonds. The van der Waals surface area contributed by atoms with Crippen LogP contribution in [0.2, 0.25) is 0 Å². The fraction of sp³-hybridized carbons (Fsp3) is 0.136. The average Bonchev–Trinajstić information content (AvgIpc) is 3.17. The van der Waals surface area contributed by atoms with Crippen LogP contribution >= 0.6 is 0 Å². The molecule has 4 aromatic rings. The monoisotopic (exact) mass is 371 g/mol. The van der Waals surface area contributed by atoms with Gasteiger partial charge in [-0.05, 0) is 36.2 Å². The van der Waals surface area contributed by atoms with Crippen molar-refractivity contribution in [1.82, 2.24) is 19.7 Å². The zero-order valence-electron chi connectivity index (χ0n) is 15.6. The predicted molar refractivity (Wildman–Crippen MR) is 109 cm³/mol. The highest BCUT2D eigenvalue weighted by atomic mass is 16.5. The topological polar surface area (TPSA) is 64.9 Å². The van der Waals surface area contributed by atoms with Gasteiger partial charge in [-0.25, -0.2) is 9.67 Å². The van der Waals surface area contributed by atoms with Crippen LogP contribution in [0.3, 0.4) is 0 Å². The van der Waals surface area contributed by atoms with Crippen LogP contribution in [-0.4, -0.2) is 19.7 Å². The quantitative estimate of drug-likeness (QED) is 0.513. The standard InChI is InChI=1S/C22H21N5O/c1-2-21-20(15-26-27(21)18-6-4-3-5-7-18)25-14-17-8-10-19(11-9-17)28-22-16-23-12-13-24-22/h3-13,15-16,25H,2,14H2,1H3. The number of aromatic nitrogens is 4. The maximum atomic E-state index is 5.68. The fourth-order valence-corrected chi connectivity index (χ4v) is 2.98. The number of nitrogens with zero attached hydrogens (tertiary/aromatic N) is 4. The summed E-state index contributed by atoms with van der Waals surface area (Å²) >= 11 is 0. The first-order valence-corrected chi connectivity index (χ1v) is 9.22. The first kappa shape index (κ1) is 17.7. The molecule has 0 radical (unpaired) electrons. The van der Waals surface area contributed by atoms with Gasteiger partial charge in [0.2, 0.25) is 5.88 Å². The van der Waals surface area contributed by atoms with Crippen LogP contribution in [0.1, 0.15) is 18.2 Å². The third kappa shape index (κ3) is 4.01. The Morgan fingerprint density at radius 2 is 1.79 bits per heavy atom. The van der Waals surface area contributed by atoms with Crippen LogP contribution in [-0.2, 0) is 13.0 Å². The third-order valence-corrected chi connectivity index (χ3v) is 4.37. The number of nitrogens with one attached hydrogen (secondary N) is 1. The zero-order chi connectivity index (χ0) is 19.2. The lowest BCUT2D eigenvalue weighted by atomic mass is 10.2. The van der Waals surface area contributed by atoms with Gasteiger partial charge in [0.1, 0.15) is 5.75 Å². The van der Waals surface area contributed by atoms with Crippen molar-refractivity contribution in [3.8, 4) is 17.3 Å². The molecular formula is C22H21N5O. The summed E-state index contributed by atoms with van der Waals surface area (Å²) in [4.78, 5) is 8.11. The van der Waals surface area contributed by atoms with Gasteiger partial charge in [0.05, 0.1) is 29.5 Å². The van der Waals surface area contributed by atoms with Crippen molar-refractivity contribution in [3.05, 3.63) is 90.6 Å². The fourth-order valence-electron chi connectivity index (χ4n) is 2.98. The van der Waals surface area contributed by atoms with Crippen molar-refractivity contribution in [2.24, 2.45) is 0 Å². The summed E-state index contributed by atoms with van der Waals surface area (Å²) in [5, 5.41) is 8.05. The Balaban J connectivity index is 1.43. The largest absolute Gasteiger partial charge is 0.438 e. The maximum absolute atomic E-state index is 5.68. The molecule has 2 aromatic heterocycles. The van der Waals surface area contributed by atoms with E-state index >= 15 is 0 Å². The second kappa shape index (κ2) is 8.35. The van der Waals surface area contributed by atoms with E-state index in [-0.39, 0.29) is 0 Å². The van der Waals surface area contributed by atoms with Gasteiger partial charge in [-0.2, -0.15) is 5.10 Å². The zero-order valence-corrected chi connectivity index (χ0v) is 15.6. The van der Waals surface area contributed by atoms with E-state index in [1.807, 2.05) is 53.3 Å². The first-order valence-electron chi connectivity index (χ1n) is 9.22. The molecule has 0 aliphatic carbocycles. The van der Waals surface area contributed by atoms with E-state index in [2.05, 4.69) is 39.4 Å². The molecule has 0 saturated heterocycles. The Hall–Kier alpha value is -3.67. The summed E-state index contributed by atoms with van der Waals surface area (Å²) in [6, 6.07) is 18.1. The maximum Gasteiger partial charge on any atom is 0.237 e. The molecule has 2 heterocycles. The van der Waals surface area contributed by atoms with Crippen molar-refractivity contribution >= 4 is 5.69 Å². The lowest BCUT2D eigenvalue weighted by Crippen LogP contribution is -2.05. The molecule has 0 bridgehead atoms. The minimum absolute atomic E-state index is 0.481. The van der Waals surface area contributed by atoms with Gasteiger partial charge in [-0.15, -0.1) is 0 Å². The second-order valence-corrected chi connectivity index (χ2v) is 6.25. The number of benzene rings is 2. The molecule has 0 saturated carbocycles. The molecule has 4 rings (SSSR count). The molecule has 0 aliphatic rings. The van der Waals surface area contributed by atoms with Gasteiger partial charge in [-0.1, -0.05) is 37.3 Å². The van der Waals surface area contributed by atoms with Crippen molar-refractivity contribution < 1.29 is 4.74 Å². The summed E-state index contributed by atoms with van der Waals surface area (Å²) in [6.07, 6.45) is 7.59. The minimum atomic E-state index is 0.481. The Labute approximate surface area is 163 Å². The van der Waals surface area contributed by atoms with Gasteiger partial charge >= 0.3 is 0 Å². The summed E-state index contributed by atoms with van der Waals surface area (Å²) < 4.78 is 7.66. The van der Waals surface area contributed by atoms with Crippen LogP contribution in [0, 0.1) is 0 Å². The molecule has 1 N–H and O–H groups in total. The highest BCUT2D eigenvalue weighted by Crippen LogP contribution is 2.22. The molecule has 0 atom stereocenters. The van der Waals surface area contributed by atoms with E-state index in [4.69, 9.17) is 4.74 Å². The highest BCUT2D eigenvalue weighted by Gasteiger charge is 2.10. The molecule has 6 nitrogen and oxygen atoms in total. The lowest BCUT2D eigenvalue weighted by Gasteiger charge is -2.10. The molecule has 28 heavy (non-hydrogen) atoms. The third-order valence-electron chi connectivity index (χ3n) is 4.37. The van der Waals surface area contributed by atoms with E-state index in [1.165, 1.54) is 0 Å². The smallest absolute Gasteiger partial charge is 0.237 e. The van der Waals surface area contributed by atoms with Crippen LogP contribution in [0.4, 0.5) is 5.69 Å². The van der Waals surface area contributed by atoms with Gasteiger partial charge in [0.15, 0.2) is 0 Å². The number of anilines is 1. The van der Waals surface area contributed by atoms with E-state index in [0.717, 1.165) is 34.8 Å². The van der Waals surface area contributed by atoms with Crippen LogP contribution < -0.4 is 10.1 Å².